The summed E-state index contributed by atoms with van der Waals surface area (Å²) in [7, 11) is -4.62. The Labute approximate surface area is 280 Å². The Balaban J connectivity index is 0.000000255. The summed E-state index contributed by atoms with van der Waals surface area (Å²) in [4.78, 5) is 19.3. The van der Waals surface area contributed by atoms with Crippen LogP contribution in [0.5, 0.6) is 17.2 Å². The number of hydrogen-bond acceptors (Lipinski definition) is 15. The zero-order chi connectivity index (χ0) is 34.5. The quantitative estimate of drug-likeness (QED) is 0.0674. The summed E-state index contributed by atoms with van der Waals surface area (Å²) in [5.74, 6) is -1.58. The minimum atomic E-state index is -4.62. The summed E-state index contributed by atoms with van der Waals surface area (Å²) in [5, 5.41) is 72.9. The molecule has 0 fully saturated rings. The molecule has 0 saturated heterocycles. The Morgan fingerprint density at radius 1 is 0.625 bits per heavy atom. The fourth-order valence-electron chi connectivity index (χ4n) is 3.86. The van der Waals surface area contributed by atoms with E-state index in [1.807, 2.05) is 12.1 Å². The molecular weight excluding hydrogens is 692 g/mol. The van der Waals surface area contributed by atoms with Gasteiger partial charge in [-0.2, -0.15) is 23.8 Å². The second-order valence-electron chi connectivity index (χ2n) is 9.28. The first-order chi connectivity index (χ1) is 22.1. The average Bonchev–Trinajstić information content (AvgIpc) is 3.01. The number of nitro groups is 2. The predicted molar refractivity (Wildman–Crippen MR) is 162 cm³/mol. The van der Waals surface area contributed by atoms with E-state index in [-0.39, 0.29) is 68.6 Å². The van der Waals surface area contributed by atoms with E-state index < -0.39 is 36.4 Å². The third-order valence-corrected chi connectivity index (χ3v) is 7.04. The van der Waals surface area contributed by atoms with Crippen LogP contribution < -0.4 is 26.8 Å². The number of nitro benzene ring substituents is 2. The molecule has 0 unspecified atom stereocenters. The number of fused-ring (bicyclic) bond motifs is 1. The molecule has 0 aliphatic rings. The molecule has 0 saturated carbocycles. The van der Waals surface area contributed by atoms with Gasteiger partial charge in [0.05, 0.1) is 38.3 Å². The summed E-state index contributed by atoms with van der Waals surface area (Å²) in [6.07, 6.45) is 0. The SMILES string of the molecule is Nc1cc(N)c(S(=O)(=O)O)cc1N=Nc1cc([N+](=O)[O-])ccc1[O-].O=[N+]([O-])c1ccc(N=Nc2c([O-])ccc3ccccc23)c([O-])c1.[Cr+3]. The third kappa shape index (κ3) is 8.53. The number of benzene rings is 5. The Bertz CT molecular complexity index is 2220. The molecule has 0 atom stereocenters. The number of non-ortho nitro benzene ring substituents is 2. The Morgan fingerprint density at radius 3 is 1.85 bits per heavy atom. The Kier molecular flexibility index (Phi) is 11.3. The van der Waals surface area contributed by atoms with Gasteiger partial charge in [0, 0.05) is 29.7 Å². The van der Waals surface area contributed by atoms with Crippen LogP contribution in [0.15, 0.2) is 110 Å². The Morgan fingerprint density at radius 2 is 1.21 bits per heavy atom. The normalized spacial score (nSPS) is 11.2. The summed E-state index contributed by atoms with van der Waals surface area (Å²) in [5.41, 5.74) is 9.54. The summed E-state index contributed by atoms with van der Waals surface area (Å²) in [6, 6.07) is 18.2. The topological polar surface area (TPSA) is 311 Å². The molecule has 20 heteroatoms. The molecular formula is C28H19CrN8O10S. The van der Waals surface area contributed by atoms with E-state index in [0.717, 1.165) is 47.9 Å². The van der Waals surface area contributed by atoms with Crippen molar-refractivity contribution in [2.75, 3.05) is 11.5 Å². The van der Waals surface area contributed by atoms with Gasteiger partial charge in [-0.1, -0.05) is 59.7 Å². The fraction of sp³-hybridized carbons (Fsp3) is 0. The van der Waals surface area contributed by atoms with E-state index in [1.54, 1.807) is 18.2 Å². The Hall–Kier alpha value is -6.20. The van der Waals surface area contributed by atoms with E-state index in [1.165, 1.54) is 12.1 Å². The molecule has 0 amide bonds. The number of hydrogen-bond donors (Lipinski definition) is 3. The summed E-state index contributed by atoms with van der Waals surface area (Å²) in [6.45, 7) is 0. The van der Waals surface area contributed by atoms with Crippen molar-refractivity contribution in [2.24, 2.45) is 20.5 Å². The number of nitrogen functional groups attached to an aromatic ring is 2. The van der Waals surface area contributed by atoms with Gasteiger partial charge in [0.2, 0.25) is 0 Å². The molecule has 243 valence electrons. The molecule has 0 aliphatic carbocycles. The van der Waals surface area contributed by atoms with Crippen molar-refractivity contribution in [1.82, 2.24) is 0 Å². The van der Waals surface area contributed by atoms with E-state index in [9.17, 15) is 44.0 Å². The number of anilines is 2. The van der Waals surface area contributed by atoms with Gasteiger partial charge in [-0.25, -0.2) is 0 Å². The second-order valence-corrected chi connectivity index (χ2v) is 10.7. The third-order valence-electron chi connectivity index (χ3n) is 6.13. The monoisotopic (exact) mass is 711 g/mol. The minimum absolute atomic E-state index is 0. The van der Waals surface area contributed by atoms with Gasteiger partial charge in [-0.3, -0.25) is 24.8 Å². The molecule has 5 rings (SSSR count). The van der Waals surface area contributed by atoms with Gasteiger partial charge in [-0.05, 0) is 23.6 Å². The molecule has 0 aliphatic heterocycles. The fourth-order valence-corrected chi connectivity index (χ4v) is 4.48. The van der Waals surface area contributed by atoms with Crippen LogP contribution in [0.3, 0.4) is 0 Å². The van der Waals surface area contributed by atoms with Gasteiger partial charge < -0.3 is 26.8 Å². The summed E-state index contributed by atoms with van der Waals surface area (Å²) < 4.78 is 31.5. The molecule has 5 aromatic carbocycles. The minimum Gasteiger partial charge on any atom is -0.871 e. The van der Waals surface area contributed by atoms with Crippen LogP contribution in [0.2, 0.25) is 0 Å². The molecule has 1 radical (unpaired) electrons. The van der Waals surface area contributed by atoms with Crippen molar-refractivity contribution >= 4 is 66.4 Å². The molecule has 48 heavy (non-hydrogen) atoms. The van der Waals surface area contributed by atoms with Crippen molar-refractivity contribution in [3.8, 4) is 17.2 Å². The molecule has 0 bridgehead atoms. The van der Waals surface area contributed by atoms with Crippen LogP contribution >= 0.6 is 0 Å². The first-order valence-electron chi connectivity index (χ1n) is 12.8. The molecule has 5 N–H and O–H groups in total. The molecule has 18 nitrogen and oxygen atoms in total. The van der Waals surface area contributed by atoms with Crippen LogP contribution in [0.4, 0.5) is 45.5 Å². The average molecular weight is 712 g/mol. The van der Waals surface area contributed by atoms with Crippen LogP contribution in [0, 0.1) is 20.2 Å². The largest absolute Gasteiger partial charge is 3.00 e. The van der Waals surface area contributed by atoms with Crippen molar-refractivity contribution in [2.45, 2.75) is 4.90 Å². The van der Waals surface area contributed by atoms with E-state index >= 15 is 0 Å². The number of nitrogens with zero attached hydrogens (tertiary/aromatic N) is 6. The second kappa shape index (κ2) is 14.9. The van der Waals surface area contributed by atoms with Gasteiger partial charge in [0.1, 0.15) is 10.6 Å². The van der Waals surface area contributed by atoms with Crippen molar-refractivity contribution in [3.05, 3.63) is 105 Å². The first kappa shape index (κ1) is 36.3. The standard InChI is InChI=1S/C16H11N3O4.C12H11N5O6S.Cr/c20-14-8-5-10-3-1-2-4-12(10)16(14)18-17-13-7-6-11(19(22)23)9-15(13)21;13-7-4-8(14)12(24(21,22)23)5-9(7)15-16-10-3-6(17(19)20)1-2-11(10)18;/h1-9,20-21H;1-5,18H,13-14H2,(H,21,22,23);/q;;+3/p-3. The van der Waals surface area contributed by atoms with E-state index in [4.69, 9.17) is 16.0 Å². The maximum atomic E-state index is 12.0. The van der Waals surface area contributed by atoms with Crippen LogP contribution in [-0.4, -0.2) is 22.8 Å². The van der Waals surface area contributed by atoms with Crippen LogP contribution in [0.25, 0.3) is 10.8 Å². The molecule has 0 aromatic heterocycles. The van der Waals surface area contributed by atoms with Gasteiger partial charge in [0.25, 0.3) is 21.5 Å². The van der Waals surface area contributed by atoms with Crippen molar-refractivity contribution in [1.29, 1.82) is 0 Å². The zero-order valence-corrected chi connectivity index (χ0v) is 26.0. The summed E-state index contributed by atoms with van der Waals surface area (Å²) >= 11 is 0. The van der Waals surface area contributed by atoms with Gasteiger partial charge >= 0.3 is 17.4 Å². The number of nitrogens with two attached hydrogens (primary N) is 2. The molecule has 5 aromatic rings. The van der Waals surface area contributed by atoms with Gasteiger partial charge in [-0.15, -0.1) is 5.11 Å². The zero-order valence-electron chi connectivity index (χ0n) is 23.9. The maximum Gasteiger partial charge on any atom is 3.00 e. The number of rotatable bonds is 7. The van der Waals surface area contributed by atoms with Gasteiger partial charge in [0.15, 0.2) is 0 Å². The number of azo groups is 2. The first-order valence-corrected chi connectivity index (χ1v) is 14.2. The predicted octanol–water partition coefficient (Wildman–Crippen LogP) is 4.80. The smallest absolute Gasteiger partial charge is 0.871 e. The van der Waals surface area contributed by atoms with Crippen LogP contribution in [-0.2, 0) is 27.5 Å². The maximum absolute atomic E-state index is 12.0. The molecule has 0 heterocycles. The van der Waals surface area contributed by atoms with E-state index in [0.29, 0.717) is 5.39 Å². The van der Waals surface area contributed by atoms with Crippen molar-refractivity contribution in [3.63, 3.8) is 0 Å². The molecule has 0 spiro atoms. The van der Waals surface area contributed by atoms with Crippen LogP contribution in [0.1, 0.15) is 0 Å². The van der Waals surface area contributed by atoms with E-state index in [2.05, 4.69) is 20.5 Å². The van der Waals surface area contributed by atoms with Crippen molar-refractivity contribution < 1.29 is 55.5 Å².